The highest BCUT2D eigenvalue weighted by Gasteiger charge is 2.50. The molecule has 0 unspecified atom stereocenters. The molecule has 2 aromatic heterocycles. The maximum absolute atomic E-state index is 12.3. The Bertz CT molecular complexity index is 1350. The third-order valence-corrected chi connectivity index (χ3v) is 9.66. The highest BCUT2D eigenvalue weighted by molar-refractivity contribution is 6.36. The van der Waals surface area contributed by atoms with E-state index in [-0.39, 0.29) is 11.4 Å². The molecule has 4 heterocycles. The number of carbonyl (C=O) groups is 1. The lowest BCUT2D eigenvalue weighted by molar-refractivity contribution is -0.130. The van der Waals surface area contributed by atoms with Crippen LogP contribution in [-0.4, -0.2) is 69.0 Å². The molecular weight excluding hydrogens is 474 g/mol. The van der Waals surface area contributed by atoms with E-state index in [1.165, 1.54) is 0 Å². The number of nitrogens with one attached hydrogen (secondary N) is 2. The smallest absolute Gasteiger partial charge is 0.219 e. The molecule has 2 saturated heterocycles. The fraction of sp³-hybridized carbons (Fsp3) is 0.593. The first kappa shape index (κ1) is 23.8. The zero-order valence-electron chi connectivity index (χ0n) is 21.9. The first-order chi connectivity index (χ1) is 17.2. The van der Waals surface area contributed by atoms with Crippen molar-refractivity contribution in [2.75, 3.05) is 37.6 Å². The molecule has 192 valence electrons. The van der Waals surface area contributed by atoms with Crippen molar-refractivity contribution in [2.24, 2.45) is 5.41 Å². The van der Waals surface area contributed by atoms with Gasteiger partial charge in [-0.15, -0.1) is 0 Å². The fourth-order valence-electron chi connectivity index (χ4n) is 6.66. The summed E-state index contributed by atoms with van der Waals surface area (Å²) in [6, 6.07) is 2.46. The summed E-state index contributed by atoms with van der Waals surface area (Å²) in [7, 11) is 0. The Morgan fingerprint density at radius 3 is 2.61 bits per heavy atom. The molecule has 1 aliphatic carbocycles. The molecule has 2 N–H and O–H groups in total. The van der Waals surface area contributed by atoms with Gasteiger partial charge in [-0.3, -0.25) is 14.6 Å². The van der Waals surface area contributed by atoms with Crippen LogP contribution in [0.15, 0.2) is 12.3 Å². The largest absolute Gasteiger partial charge is 0.346 e. The van der Waals surface area contributed by atoms with Crippen LogP contribution >= 0.6 is 11.6 Å². The van der Waals surface area contributed by atoms with Crippen LogP contribution in [0.1, 0.15) is 57.3 Å². The minimum atomic E-state index is -0.227. The van der Waals surface area contributed by atoms with E-state index in [4.69, 9.17) is 16.7 Å². The number of nitrogens with zero attached hydrogens (tertiary/aromatic N) is 5. The molecule has 9 heteroatoms. The second-order valence-corrected chi connectivity index (χ2v) is 11.9. The van der Waals surface area contributed by atoms with Crippen LogP contribution < -0.4 is 10.2 Å². The summed E-state index contributed by atoms with van der Waals surface area (Å²) in [4.78, 5) is 16.7. The number of H-pyrrole nitrogens is 1. The molecular formula is C27H36ClN7O. The number of rotatable bonds is 4. The summed E-state index contributed by atoms with van der Waals surface area (Å²) < 4.78 is 2.27. The van der Waals surface area contributed by atoms with Crippen LogP contribution in [-0.2, 0) is 4.79 Å². The van der Waals surface area contributed by atoms with Gasteiger partial charge in [0.2, 0.25) is 5.91 Å². The van der Waals surface area contributed by atoms with Crippen LogP contribution in [0.5, 0.6) is 0 Å². The number of carbonyl (C=O) groups excluding carboxylic acids is 1. The topological polar surface area (TPSA) is 82.1 Å². The van der Waals surface area contributed by atoms with Crippen molar-refractivity contribution < 1.29 is 4.79 Å². The van der Waals surface area contributed by atoms with Crippen LogP contribution in [0, 0.1) is 19.3 Å². The molecule has 1 aromatic carbocycles. The molecule has 1 atom stereocenters. The van der Waals surface area contributed by atoms with Crippen molar-refractivity contribution in [1.82, 2.24) is 30.2 Å². The number of amides is 1. The number of aromatic nitrogens is 4. The third-order valence-electron chi connectivity index (χ3n) is 9.17. The highest BCUT2D eigenvalue weighted by Crippen LogP contribution is 2.53. The van der Waals surface area contributed by atoms with Crippen molar-refractivity contribution in [3.63, 3.8) is 0 Å². The number of piperazine rings is 1. The van der Waals surface area contributed by atoms with E-state index < -0.39 is 0 Å². The maximum Gasteiger partial charge on any atom is 0.219 e. The summed E-state index contributed by atoms with van der Waals surface area (Å²) in [5, 5.41) is 18.1. The SMILES string of the molecule is CC[C@@]1(C)CN(C(C)=O)CCN1c1nn(C2CC3(CNC3)C2)c(C)c1-c1c(Cl)c(C)cc2[nH]ncc12. The van der Waals surface area contributed by atoms with E-state index in [0.29, 0.717) is 24.5 Å². The van der Waals surface area contributed by atoms with Crippen molar-refractivity contribution in [3.05, 3.63) is 28.5 Å². The van der Waals surface area contributed by atoms with Gasteiger partial charge in [-0.1, -0.05) is 18.5 Å². The second-order valence-electron chi connectivity index (χ2n) is 11.6. The average molecular weight is 510 g/mol. The van der Waals surface area contributed by atoms with E-state index in [0.717, 1.165) is 83.0 Å². The number of aromatic amines is 1. The number of hydrogen-bond acceptors (Lipinski definition) is 5. The van der Waals surface area contributed by atoms with Crippen LogP contribution in [0.4, 0.5) is 5.82 Å². The minimum Gasteiger partial charge on any atom is -0.346 e. The van der Waals surface area contributed by atoms with Gasteiger partial charge < -0.3 is 15.1 Å². The van der Waals surface area contributed by atoms with E-state index in [9.17, 15) is 4.79 Å². The Hall–Kier alpha value is -2.58. The Morgan fingerprint density at radius 2 is 1.97 bits per heavy atom. The van der Waals surface area contributed by atoms with Gasteiger partial charge in [-0.05, 0) is 57.1 Å². The molecule has 1 spiro atoms. The summed E-state index contributed by atoms with van der Waals surface area (Å²) in [5.74, 6) is 1.11. The van der Waals surface area contributed by atoms with Crippen molar-refractivity contribution in [3.8, 4) is 11.1 Å². The zero-order chi connectivity index (χ0) is 25.4. The predicted molar refractivity (Wildman–Crippen MR) is 144 cm³/mol. The Kier molecular flexibility index (Phi) is 5.43. The molecule has 3 aliphatic rings. The molecule has 1 saturated carbocycles. The fourth-order valence-corrected chi connectivity index (χ4v) is 6.92. The summed E-state index contributed by atoms with van der Waals surface area (Å²) in [5.41, 5.74) is 5.48. The molecule has 1 amide bonds. The van der Waals surface area contributed by atoms with Crippen molar-refractivity contribution in [2.45, 2.75) is 65.5 Å². The molecule has 3 aromatic rings. The average Bonchev–Trinajstić information content (AvgIpc) is 3.37. The number of anilines is 1. The maximum atomic E-state index is 12.3. The minimum absolute atomic E-state index is 0.131. The molecule has 6 rings (SSSR count). The molecule has 0 bridgehead atoms. The zero-order valence-corrected chi connectivity index (χ0v) is 22.7. The normalized spacial score (nSPS) is 23.8. The molecule has 2 aliphatic heterocycles. The standard InChI is InChI=1S/C27H36ClN7O/c1-6-26(5)15-33(18(4)36)7-8-34(26)25-22(23-20-12-30-31-21(20)9-16(2)24(23)28)17(3)35(32-25)19-10-27(11-19)13-29-14-27/h9,12,19,29H,6-8,10-11,13-15H2,1-5H3,(H,30,31)/t26-/m0/s1. The molecule has 0 radical (unpaired) electrons. The Balaban J connectivity index is 1.53. The van der Waals surface area contributed by atoms with Gasteiger partial charge in [0.1, 0.15) is 0 Å². The van der Waals surface area contributed by atoms with Crippen LogP contribution in [0.25, 0.3) is 22.0 Å². The lowest BCUT2D eigenvalue weighted by atomic mass is 9.61. The Morgan fingerprint density at radius 1 is 1.22 bits per heavy atom. The van der Waals surface area contributed by atoms with Gasteiger partial charge in [0.25, 0.3) is 0 Å². The lowest BCUT2D eigenvalue weighted by Crippen LogP contribution is -2.62. The van der Waals surface area contributed by atoms with Gasteiger partial charge in [-0.25, -0.2) is 0 Å². The monoisotopic (exact) mass is 509 g/mol. The summed E-state index contributed by atoms with van der Waals surface area (Å²) in [6.45, 7) is 14.7. The number of hydrogen-bond donors (Lipinski definition) is 2. The van der Waals surface area contributed by atoms with Crippen LogP contribution in [0.2, 0.25) is 5.02 Å². The van der Waals surface area contributed by atoms with Crippen LogP contribution in [0.3, 0.4) is 0 Å². The van der Waals surface area contributed by atoms with E-state index in [2.05, 4.69) is 51.9 Å². The van der Waals surface area contributed by atoms with E-state index in [1.54, 1.807) is 6.92 Å². The number of benzene rings is 1. The van der Waals surface area contributed by atoms with Gasteiger partial charge in [0.15, 0.2) is 5.82 Å². The molecule has 8 nitrogen and oxygen atoms in total. The molecule has 36 heavy (non-hydrogen) atoms. The Labute approximate surface area is 217 Å². The van der Waals surface area contributed by atoms with Gasteiger partial charge in [0.05, 0.1) is 28.3 Å². The van der Waals surface area contributed by atoms with Crippen molar-refractivity contribution in [1.29, 1.82) is 0 Å². The van der Waals surface area contributed by atoms with Crippen molar-refractivity contribution >= 4 is 34.2 Å². The second kappa shape index (κ2) is 8.21. The number of fused-ring (bicyclic) bond motifs is 1. The summed E-state index contributed by atoms with van der Waals surface area (Å²) in [6.07, 6.45) is 5.10. The number of halogens is 1. The lowest BCUT2D eigenvalue weighted by Gasteiger charge is -2.54. The highest BCUT2D eigenvalue weighted by atomic mass is 35.5. The van der Waals surface area contributed by atoms with Gasteiger partial charge >= 0.3 is 0 Å². The quantitative estimate of drug-likeness (QED) is 0.542. The molecule has 3 fully saturated rings. The first-order valence-electron chi connectivity index (χ1n) is 13.1. The third kappa shape index (κ3) is 3.40. The van der Waals surface area contributed by atoms with E-state index in [1.807, 2.05) is 18.0 Å². The van der Waals surface area contributed by atoms with Gasteiger partial charge in [-0.2, -0.15) is 10.2 Å². The van der Waals surface area contributed by atoms with Gasteiger partial charge in [0, 0.05) is 61.9 Å². The predicted octanol–water partition coefficient (Wildman–Crippen LogP) is 4.46. The number of aryl methyl sites for hydroxylation is 1. The summed E-state index contributed by atoms with van der Waals surface area (Å²) >= 11 is 7.07. The van der Waals surface area contributed by atoms with E-state index >= 15 is 0 Å². The first-order valence-corrected chi connectivity index (χ1v) is 13.5.